The van der Waals surface area contributed by atoms with E-state index in [4.69, 9.17) is 14.6 Å². The lowest BCUT2D eigenvalue weighted by Gasteiger charge is -2.35. The number of carbonyl (C=O) groups excluding carboxylic acids is 3. The molecule has 4 atom stereocenters. The molecule has 1 aliphatic heterocycles. The Bertz CT molecular complexity index is 1580. The second kappa shape index (κ2) is 17.0. The van der Waals surface area contributed by atoms with Crippen LogP contribution in [0, 0.1) is 18.3 Å². The number of thiazole rings is 1. The predicted molar refractivity (Wildman–Crippen MR) is 186 cm³/mol. The van der Waals surface area contributed by atoms with Gasteiger partial charge in [-0.2, -0.15) is 0 Å². The van der Waals surface area contributed by atoms with Crippen LogP contribution in [0.1, 0.15) is 69.8 Å². The fourth-order valence-corrected chi connectivity index (χ4v) is 6.67. The first kappa shape index (κ1) is 37.7. The molecule has 1 fully saturated rings. The number of likely N-dealkylation sites (tertiary alicyclic amines) is 1. The van der Waals surface area contributed by atoms with Crippen molar-refractivity contribution in [2.45, 2.75) is 78.5 Å². The molecule has 264 valence electrons. The number of benzene rings is 2. The lowest BCUT2D eigenvalue weighted by molar-refractivity contribution is -0.147. The van der Waals surface area contributed by atoms with Crippen LogP contribution in [0.4, 0.5) is 0 Å². The van der Waals surface area contributed by atoms with Crippen molar-refractivity contribution < 1.29 is 38.9 Å². The van der Waals surface area contributed by atoms with E-state index in [1.807, 2.05) is 76.5 Å². The lowest BCUT2D eigenvalue weighted by Crippen LogP contribution is -2.50. The maximum absolute atomic E-state index is 13.9. The van der Waals surface area contributed by atoms with Gasteiger partial charge in [0.1, 0.15) is 25.0 Å². The largest absolute Gasteiger partial charge is 0.491 e. The van der Waals surface area contributed by atoms with Gasteiger partial charge in [-0.05, 0) is 54.5 Å². The number of carbonyl (C=O) groups is 4. The van der Waals surface area contributed by atoms with Crippen molar-refractivity contribution in [3.8, 4) is 16.2 Å². The molecule has 2 heterocycles. The average Bonchev–Trinajstić information content (AvgIpc) is 3.67. The van der Waals surface area contributed by atoms with Crippen molar-refractivity contribution in [2.75, 3.05) is 26.4 Å². The number of aliphatic hydroxyl groups is 1. The van der Waals surface area contributed by atoms with Crippen LogP contribution in [0.15, 0.2) is 54.0 Å². The van der Waals surface area contributed by atoms with Crippen LogP contribution >= 0.6 is 11.3 Å². The van der Waals surface area contributed by atoms with Gasteiger partial charge in [0.05, 0.1) is 34.8 Å². The smallest absolute Gasteiger partial charge is 0.303 e. The number of amides is 2. The van der Waals surface area contributed by atoms with Gasteiger partial charge in [-0.15, -0.1) is 11.3 Å². The number of aromatic nitrogens is 1. The first-order valence-corrected chi connectivity index (χ1v) is 17.4. The Balaban J connectivity index is 1.28. The SMILES string of the molecule is Cc1ncsc1-c1ccc([C@H](C)NC(=O)[C@@H]2C[C@@H](O)CN2C(=O)[C@@H](CC(=O)COCCOc2ccc(CCC(=O)O)cc2)C(C)(C)C)cc1. The third-order valence-corrected chi connectivity index (χ3v) is 9.71. The van der Waals surface area contributed by atoms with Crippen LogP contribution in [0.3, 0.4) is 0 Å². The van der Waals surface area contributed by atoms with Crippen LogP contribution < -0.4 is 10.1 Å². The van der Waals surface area contributed by atoms with E-state index in [-0.39, 0.29) is 69.3 Å². The highest BCUT2D eigenvalue weighted by Crippen LogP contribution is 2.34. The number of ketones is 1. The van der Waals surface area contributed by atoms with Crippen molar-refractivity contribution in [2.24, 2.45) is 11.3 Å². The number of β-amino-alcohol motifs (C(OH)–C–C–N with tert-alkyl or cyclic N) is 1. The number of hydrogen-bond donors (Lipinski definition) is 3. The summed E-state index contributed by atoms with van der Waals surface area (Å²) in [5.41, 5.74) is 5.05. The van der Waals surface area contributed by atoms with Crippen molar-refractivity contribution in [1.82, 2.24) is 15.2 Å². The number of aliphatic hydroxyl groups excluding tert-OH is 1. The summed E-state index contributed by atoms with van der Waals surface area (Å²) in [6, 6.07) is 13.9. The van der Waals surface area contributed by atoms with Crippen LogP contribution in [-0.2, 0) is 30.3 Å². The molecule has 2 amide bonds. The number of hydrogen-bond acceptors (Lipinski definition) is 9. The second-order valence-corrected chi connectivity index (χ2v) is 14.5. The number of aliphatic carboxylic acids is 1. The Labute approximate surface area is 291 Å². The highest BCUT2D eigenvalue weighted by atomic mass is 32.1. The van der Waals surface area contributed by atoms with Crippen molar-refractivity contribution in [1.29, 1.82) is 0 Å². The molecule has 2 aromatic carbocycles. The zero-order valence-electron chi connectivity index (χ0n) is 28.8. The second-order valence-electron chi connectivity index (χ2n) is 13.6. The Morgan fingerprint density at radius 1 is 1.06 bits per heavy atom. The number of aryl methyl sites for hydroxylation is 2. The molecule has 0 aliphatic carbocycles. The molecule has 0 unspecified atom stereocenters. The molecule has 1 saturated heterocycles. The molecule has 4 rings (SSSR count). The summed E-state index contributed by atoms with van der Waals surface area (Å²) in [4.78, 5) is 58.0. The molecule has 3 N–H and O–H groups in total. The van der Waals surface area contributed by atoms with E-state index in [1.54, 1.807) is 23.5 Å². The van der Waals surface area contributed by atoms with E-state index in [0.717, 1.165) is 27.3 Å². The molecule has 11 nitrogen and oxygen atoms in total. The number of nitrogens with one attached hydrogen (secondary N) is 1. The normalized spacial score (nSPS) is 17.4. The average molecular weight is 694 g/mol. The quantitative estimate of drug-likeness (QED) is 0.176. The summed E-state index contributed by atoms with van der Waals surface area (Å²) in [5.74, 6) is -1.91. The van der Waals surface area contributed by atoms with Gasteiger partial charge in [0.15, 0.2) is 5.78 Å². The Morgan fingerprint density at radius 2 is 1.76 bits per heavy atom. The summed E-state index contributed by atoms with van der Waals surface area (Å²) in [6.45, 7) is 9.68. The van der Waals surface area contributed by atoms with Crippen molar-refractivity contribution in [3.05, 3.63) is 70.9 Å². The van der Waals surface area contributed by atoms with Gasteiger partial charge < -0.3 is 29.9 Å². The first-order valence-electron chi connectivity index (χ1n) is 16.5. The summed E-state index contributed by atoms with van der Waals surface area (Å²) >= 11 is 1.57. The molecule has 1 aromatic heterocycles. The van der Waals surface area contributed by atoms with Gasteiger partial charge in [0.2, 0.25) is 11.8 Å². The standard InChI is InChI=1S/C37H47N3O8S/c1-23(26-9-11-27(12-10-26)34-24(2)38-22-49-34)39-35(45)32-19-28(41)20-40(32)36(46)31(37(3,4)5)18-29(42)21-47-16-17-48-30-13-6-25(7-14-30)8-15-33(43)44/h6-7,9-14,22-23,28,31-32,41H,8,15-21H2,1-5H3,(H,39,45)(H,43,44)/t23-,28+,31+,32-/m0/s1. The van der Waals surface area contributed by atoms with E-state index in [0.29, 0.717) is 12.2 Å². The molecular weight excluding hydrogens is 646 g/mol. The number of nitrogens with zero attached hydrogens (tertiary/aromatic N) is 2. The molecular formula is C37H47N3O8S. The molecule has 0 saturated carbocycles. The molecule has 0 bridgehead atoms. The van der Waals surface area contributed by atoms with Crippen LogP contribution in [0.25, 0.3) is 10.4 Å². The predicted octanol–water partition coefficient (Wildman–Crippen LogP) is 4.99. The number of carboxylic acids is 1. The molecule has 3 aromatic rings. The minimum atomic E-state index is -0.858. The van der Waals surface area contributed by atoms with E-state index < -0.39 is 29.4 Å². The third-order valence-electron chi connectivity index (χ3n) is 8.73. The number of Topliss-reactive ketones (excluding diaryl/α,β-unsaturated/α-hetero) is 1. The van der Waals surface area contributed by atoms with Gasteiger partial charge in [0, 0.05) is 31.7 Å². The zero-order chi connectivity index (χ0) is 35.7. The number of carboxylic acid groups (broad SMARTS) is 1. The van der Waals surface area contributed by atoms with Gasteiger partial charge in [-0.1, -0.05) is 57.2 Å². The fraction of sp³-hybridized carbons (Fsp3) is 0.486. The van der Waals surface area contributed by atoms with Gasteiger partial charge in [-0.3, -0.25) is 19.2 Å². The number of ether oxygens (including phenoxy) is 2. The van der Waals surface area contributed by atoms with Gasteiger partial charge >= 0.3 is 5.97 Å². The topological polar surface area (TPSA) is 155 Å². The summed E-state index contributed by atoms with van der Waals surface area (Å²) in [6.07, 6.45) is -0.299. The minimum Gasteiger partial charge on any atom is -0.491 e. The van der Waals surface area contributed by atoms with Crippen LogP contribution in [-0.4, -0.2) is 82.2 Å². The fourth-order valence-electron chi connectivity index (χ4n) is 5.86. The first-order chi connectivity index (χ1) is 23.2. The van der Waals surface area contributed by atoms with E-state index in [1.165, 1.54) is 4.90 Å². The van der Waals surface area contributed by atoms with Crippen molar-refractivity contribution >= 4 is 34.9 Å². The monoisotopic (exact) mass is 693 g/mol. The number of rotatable bonds is 16. The molecule has 49 heavy (non-hydrogen) atoms. The highest BCUT2D eigenvalue weighted by Gasteiger charge is 2.44. The molecule has 0 spiro atoms. The summed E-state index contributed by atoms with van der Waals surface area (Å²) in [5, 5.41) is 22.4. The minimum absolute atomic E-state index is 0.0172. The van der Waals surface area contributed by atoms with Gasteiger partial charge in [-0.25, -0.2) is 4.98 Å². The Kier molecular flexibility index (Phi) is 13.1. The lowest BCUT2D eigenvalue weighted by atomic mass is 9.77. The maximum atomic E-state index is 13.9. The zero-order valence-corrected chi connectivity index (χ0v) is 29.6. The highest BCUT2D eigenvalue weighted by molar-refractivity contribution is 7.13. The summed E-state index contributed by atoms with van der Waals surface area (Å²) in [7, 11) is 0. The summed E-state index contributed by atoms with van der Waals surface area (Å²) < 4.78 is 11.2. The maximum Gasteiger partial charge on any atom is 0.303 e. The molecule has 0 radical (unpaired) electrons. The molecule has 12 heteroatoms. The van der Waals surface area contributed by atoms with Crippen LogP contribution in [0.5, 0.6) is 5.75 Å². The van der Waals surface area contributed by atoms with Crippen molar-refractivity contribution in [3.63, 3.8) is 0 Å². The van der Waals surface area contributed by atoms with E-state index in [2.05, 4.69) is 10.3 Å². The third kappa shape index (κ3) is 10.7. The van der Waals surface area contributed by atoms with E-state index in [9.17, 15) is 24.3 Å². The Morgan fingerprint density at radius 3 is 2.37 bits per heavy atom. The van der Waals surface area contributed by atoms with Gasteiger partial charge in [0.25, 0.3) is 0 Å². The van der Waals surface area contributed by atoms with Crippen LogP contribution in [0.2, 0.25) is 0 Å². The van der Waals surface area contributed by atoms with E-state index >= 15 is 0 Å². The Hall–Kier alpha value is -4.13. The molecule has 1 aliphatic rings.